The number of rotatable bonds is 5. The third-order valence-corrected chi connectivity index (χ3v) is 5.74. The number of guanidine groups is 1. The van der Waals surface area contributed by atoms with Crippen LogP contribution in [0.2, 0.25) is 0 Å². The molecule has 174 valence electrons. The number of fused-ring (bicyclic) bond motifs is 1. The number of hydrogen-bond acceptors (Lipinski definition) is 3. The van der Waals surface area contributed by atoms with Crippen LogP contribution in [0.1, 0.15) is 25.7 Å². The Balaban J connectivity index is 0.00000171. The maximum absolute atomic E-state index is 12.8. The normalized spacial score (nSPS) is 17.2. The number of benzene rings is 1. The van der Waals surface area contributed by atoms with Gasteiger partial charge in [-0.05, 0) is 55.9 Å². The van der Waals surface area contributed by atoms with E-state index in [1.807, 2.05) is 53.6 Å². The van der Waals surface area contributed by atoms with Gasteiger partial charge in [0, 0.05) is 35.9 Å². The topological polar surface area (TPSA) is 142 Å². The van der Waals surface area contributed by atoms with Gasteiger partial charge in [-0.25, -0.2) is 4.98 Å². The Morgan fingerprint density at radius 2 is 1.81 bits per heavy atom. The largest absolute Gasteiger partial charge is 0.412 e. The van der Waals surface area contributed by atoms with Gasteiger partial charge >= 0.3 is 0 Å². The second-order valence-electron chi connectivity index (χ2n) is 7.64. The second-order valence-corrected chi connectivity index (χ2v) is 7.64. The van der Waals surface area contributed by atoms with E-state index < -0.39 is 0 Å². The first-order valence-electron chi connectivity index (χ1n) is 10.0. The highest BCUT2D eigenvalue weighted by atomic mass is 35.5. The maximum Gasteiger partial charge on any atom is 0.227 e. The van der Waals surface area contributed by atoms with Crippen LogP contribution in [-0.2, 0) is 4.79 Å². The number of para-hydroxylation sites is 1. The van der Waals surface area contributed by atoms with Crippen LogP contribution in [0.5, 0.6) is 0 Å². The molecule has 0 unspecified atom stereocenters. The highest BCUT2D eigenvalue weighted by molar-refractivity contribution is 6.01. The van der Waals surface area contributed by atoms with E-state index in [0.29, 0.717) is 12.5 Å². The van der Waals surface area contributed by atoms with E-state index in [1.54, 1.807) is 6.20 Å². The van der Waals surface area contributed by atoms with Crippen molar-refractivity contribution in [1.82, 2.24) is 9.97 Å². The zero-order valence-corrected chi connectivity index (χ0v) is 19.2. The summed E-state index contributed by atoms with van der Waals surface area (Å²) >= 11 is 0. The Morgan fingerprint density at radius 3 is 2.47 bits per heavy atom. The van der Waals surface area contributed by atoms with E-state index in [9.17, 15) is 4.79 Å². The van der Waals surface area contributed by atoms with Crippen molar-refractivity contribution in [2.75, 3.05) is 16.8 Å². The SMILES string of the molecule is Cl.Cl.N=C(N)N(CC1CCC(C(=O)Nc2ccnc3[nH]ccc23)CC1)c1ccccc1.O. The van der Waals surface area contributed by atoms with Crippen molar-refractivity contribution in [3.8, 4) is 0 Å². The number of nitrogens with zero attached hydrogens (tertiary/aromatic N) is 2. The Labute approximate surface area is 199 Å². The number of anilines is 2. The number of pyridine rings is 1. The van der Waals surface area contributed by atoms with Gasteiger partial charge in [0.05, 0.1) is 5.69 Å². The molecule has 7 N–H and O–H groups in total. The lowest BCUT2D eigenvalue weighted by Gasteiger charge is -2.32. The van der Waals surface area contributed by atoms with Crippen molar-refractivity contribution >= 4 is 59.1 Å². The molecule has 0 aliphatic heterocycles. The predicted molar refractivity (Wildman–Crippen MR) is 134 cm³/mol. The summed E-state index contributed by atoms with van der Waals surface area (Å²) in [4.78, 5) is 22.0. The Morgan fingerprint density at radius 1 is 1.12 bits per heavy atom. The number of nitrogens with two attached hydrogens (primary N) is 1. The molecule has 1 saturated carbocycles. The molecule has 0 atom stereocenters. The van der Waals surface area contributed by atoms with Crippen LogP contribution in [0.4, 0.5) is 11.4 Å². The number of carbonyl (C=O) groups excluding carboxylic acids is 1. The molecule has 1 aliphatic rings. The fourth-order valence-corrected chi connectivity index (χ4v) is 4.12. The monoisotopic (exact) mass is 480 g/mol. The summed E-state index contributed by atoms with van der Waals surface area (Å²) < 4.78 is 0. The molecule has 0 saturated heterocycles. The Bertz CT molecular complexity index is 1010. The van der Waals surface area contributed by atoms with Crippen LogP contribution in [0, 0.1) is 17.2 Å². The Kier molecular flexibility index (Phi) is 10.5. The summed E-state index contributed by atoms with van der Waals surface area (Å²) in [6.07, 6.45) is 7.11. The average Bonchev–Trinajstić information content (AvgIpc) is 3.23. The molecule has 32 heavy (non-hydrogen) atoms. The summed E-state index contributed by atoms with van der Waals surface area (Å²) in [5, 5.41) is 11.9. The number of aromatic nitrogens is 2. The van der Waals surface area contributed by atoms with E-state index >= 15 is 0 Å². The van der Waals surface area contributed by atoms with Crippen LogP contribution in [-0.4, -0.2) is 33.9 Å². The lowest BCUT2D eigenvalue weighted by atomic mass is 9.81. The molecule has 10 heteroatoms. The van der Waals surface area contributed by atoms with E-state index in [4.69, 9.17) is 11.1 Å². The fourth-order valence-electron chi connectivity index (χ4n) is 4.12. The second kappa shape index (κ2) is 12.3. The van der Waals surface area contributed by atoms with Gasteiger partial charge in [-0.1, -0.05) is 18.2 Å². The molecule has 1 fully saturated rings. The summed E-state index contributed by atoms with van der Waals surface area (Å²) in [7, 11) is 0. The number of amides is 1. The van der Waals surface area contributed by atoms with Gasteiger partial charge in [-0.2, -0.15) is 0 Å². The Hall–Kier alpha value is -2.81. The molecule has 1 amide bonds. The molecule has 0 spiro atoms. The summed E-state index contributed by atoms with van der Waals surface area (Å²) in [5.74, 6) is 0.560. The third kappa shape index (κ3) is 6.12. The highest BCUT2D eigenvalue weighted by Gasteiger charge is 2.28. The number of nitrogens with one attached hydrogen (secondary N) is 3. The number of halogens is 2. The summed E-state index contributed by atoms with van der Waals surface area (Å²) in [6.45, 7) is 0.710. The first-order chi connectivity index (χ1) is 14.1. The van der Waals surface area contributed by atoms with E-state index in [0.717, 1.165) is 48.1 Å². The van der Waals surface area contributed by atoms with Crippen molar-refractivity contribution in [3.63, 3.8) is 0 Å². The van der Waals surface area contributed by atoms with Gasteiger partial charge < -0.3 is 26.4 Å². The molecular formula is C22H30Cl2N6O2. The molecule has 0 bridgehead atoms. The van der Waals surface area contributed by atoms with Crippen LogP contribution < -0.4 is 16.0 Å². The number of carbonyl (C=O) groups is 1. The fraction of sp³-hybridized carbons (Fsp3) is 0.318. The molecule has 3 aromatic rings. The van der Waals surface area contributed by atoms with Crippen LogP contribution >= 0.6 is 24.8 Å². The van der Waals surface area contributed by atoms with Crippen LogP contribution in [0.25, 0.3) is 11.0 Å². The minimum atomic E-state index is 0. The van der Waals surface area contributed by atoms with Gasteiger partial charge in [0.1, 0.15) is 5.65 Å². The molecule has 8 nitrogen and oxygen atoms in total. The molecule has 1 aliphatic carbocycles. The van der Waals surface area contributed by atoms with Crippen molar-refractivity contribution in [2.24, 2.45) is 17.6 Å². The minimum absolute atomic E-state index is 0. The van der Waals surface area contributed by atoms with Crippen LogP contribution in [0.3, 0.4) is 0 Å². The van der Waals surface area contributed by atoms with Crippen molar-refractivity contribution < 1.29 is 10.3 Å². The van der Waals surface area contributed by atoms with Gasteiger partial charge in [-0.3, -0.25) is 10.2 Å². The molecule has 4 rings (SSSR count). The average molecular weight is 481 g/mol. The van der Waals surface area contributed by atoms with E-state index in [1.165, 1.54) is 0 Å². The first kappa shape index (κ1) is 27.2. The lowest BCUT2D eigenvalue weighted by Crippen LogP contribution is -2.41. The molecule has 2 heterocycles. The van der Waals surface area contributed by atoms with Crippen molar-refractivity contribution in [1.29, 1.82) is 5.41 Å². The van der Waals surface area contributed by atoms with Crippen molar-refractivity contribution in [3.05, 3.63) is 54.9 Å². The van der Waals surface area contributed by atoms with Crippen LogP contribution in [0.15, 0.2) is 54.9 Å². The molecular weight excluding hydrogens is 451 g/mol. The summed E-state index contributed by atoms with van der Waals surface area (Å²) in [6, 6.07) is 13.6. The van der Waals surface area contributed by atoms with E-state index in [-0.39, 0.29) is 48.1 Å². The number of H-pyrrole nitrogens is 1. The third-order valence-electron chi connectivity index (χ3n) is 5.74. The molecule has 1 aromatic carbocycles. The van der Waals surface area contributed by atoms with Gasteiger partial charge in [0.15, 0.2) is 5.96 Å². The maximum atomic E-state index is 12.8. The molecule has 2 aromatic heterocycles. The standard InChI is InChI=1S/C22H26N6O.2ClH.H2O/c23-22(24)28(17-4-2-1-3-5-17)14-15-6-8-16(9-7-15)21(29)27-19-11-13-26-20-18(19)10-12-25-20;;;/h1-5,10-13,15-16H,6-9,14H2,(H3,23,24)(H2,25,26,27,29);2*1H;1H2. The number of aromatic amines is 1. The predicted octanol–water partition coefficient (Wildman–Crippen LogP) is 3.73. The first-order valence-corrected chi connectivity index (χ1v) is 10.0. The van der Waals surface area contributed by atoms with Gasteiger partial charge in [0.25, 0.3) is 0 Å². The zero-order valence-electron chi connectivity index (χ0n) is 17.6. The highest BCUT2D eigenvalue weighted by Crippen LogP contribution is 2.32. The van der Waals surface area contributed by atoms with Gasteiger partial charge in [-0.15, -0.1) is 24.8 Å². The quantitative estimate of drug-likeness (QED) is 0.325. The summed E-state index contributed by atoms with van der Waals surface area (Å²) in [5.41, 5.74) is 8.34. The molecule has 0 radical (unpaired) electrons. The zero-order chi connectivity index (χ0) is 20.2. The number of hydrogen-bond donors (Lipinski definition) is 4. The lowest BCUT2D eigenvalue weighted by molar-refractivity contribution is -0.121. The minimum Gasteiger partial charge on any atom is -0.412 e. The van der Waals surface area contributed by atoms with E-state index in [2.05, 4.69) is 15.3 Å². The smallest absolute Gasteiger partial charge is 0.227 e. The van der Waals surface area contributed by atoms with Crippen molar-refractivity contribution in [2.45, 2.75) is 25.7 Å². The van der Waals surface area contributed by atoms with Gasteiger partial charge in [0.2, 0.25) is 5.91 Å².